The average Bonchev–Trinajstić information content (AvgIpc) is 2.94. The first-order valence-electron chi connectivity index (χ1n) is 7.41. The number of hydrogen-bond donors (Lipinski definition) is 1. The molecule has 2 unspecified atom stereocenters. The maximum Gasteiger partial charge on any atom is 0.335 e. The van der Waals surface area contributed by atoms with Crippen LogP contribution in [0.1, 0.15) is 52.8 Å². The van der Waals surface area contributed by atoms with Crippen molar-refractivity contribution in [2.24, 2.45) is 5.92 Å². The van der Waals surface area contributed by atoms with Crippen molar-refractivity contribution in [2.45, 2.75) is 38.1 Å². The summed E-state index contributed by atoms with van der Waals surface area (Å²) < 4.78 is 0.630. The van der Waals surface area contributed by atoms with E-state index in [1.165, 1.54) is 31.4 Å². The molecule has 21 heavy (non-hydrogen) atoms. The quantitative estimate of drug-likeness (QED) is 0.886. The third kappa shape index (κ3) is 2.84. The van der Waals surface area contributed by atoms with E-state index >= 15 is 0 Å². The average molecular weight is 352 g/mol. The van der Waals surface area contributed by atoms with E-state index in [1.807, 2.05) is 4.90 Å². The smallest absolute Gasteiger partial charge is 0.335 e. The Bertz CT molecular complexity index is 587. The summed E-state index contributed by atoms with van der Waals surface area (Å²) in [6.45, 7) is 0.787. The van der Waals surface area contributed by atoms with Crippen molar-refractivity contribution in [1.82, 2.24) is 4.90 Å². The summed E-state index contributed by atoms with van der Waals surface area (Å²) in [7, 11) is 0. The van der Waals surface area contributed by atoms with Crippen LogP contribution in [0.4, 0.5) is 0 Å². The minimum atomic E-state index is -1.01. The molecule has 1 aliphatic carbocycles. The van der Waals surface area contributed by atoms with Gasteiger partial charge in [-0.15, -0.1) is 0 Å². The number of benzene rings is 1. The van der Waals surface area contributed by atoms with Crippen LogP contribution in [0.15, 0.2) is 22.7 Å². The van der Waals surface area contributed by atoms with Crippen molar-refractivity contribution in [3.05, 3.63) is 33.8 Å². The van der Waals surface area contributed by atoms with Crippen LogP contribution in [0, 0.1) is 5.92 Å². The molecule has 1 saturated carbocycles. The van der Waals surface area contributed by atoms with E-state index < -0.39 is 5.97 Å². The first kappa shape index (κ1) is 14.6. The van der Waals surface area contributed by atoms with E-state index in [0.29, 0.717) is 22.0 Å². The molecule has 1 heterocycles. The van der Waals surface area contributed by atoms with Gasteiger partial charge in [-0.25, -0.2) is 4.79 Å². The molecule has 0 radical (unpaired) electrons. The lowest BCUT2D eigenvalue weighted by molar-refractivity contribution is 0.0548. The second kappa shape index (κ2) is 5.79. The fourth-order valence-corrected chi connectivity index (χ4v) is 4.20. The van der Waals surface area contributed by atoms with Gasteiger partial charge >= 0.3 is 5.97 Å². The first-order valence-corrected chi connectivity index (χ1v) is 8.20. The van der Waals surface area contributed by atoms with Gasteiger partial charge in [0.2, 0.25) is 0 Å². The zero-order valence-electron chi connectivity index (χ0n) is 11.7. The summed E-state index contributed by atoms with van der Waals surface area (Å²) in [5.41, 5.74) is 0.613. The predicted molar refractivity (Wildman–Crippen MR) is 82.5 cm³/mol. The van der Waals surface area contributed by atoms with Gasteiger partial charge in [0.05, 0.1) is 5.56 Å². The van der Waals surface area contributed by atoms with Crippen molar-refractivity contribution in [1.29, 1.82) is 0 Å². The van der Waals surface area contributed by atoms with Gasteiger partial charge in [0, 0.05) is 22.6 Å². The summed E-state index contributed by atoms with van der Waals surface area (Å²) in [5, 5.41) is 9.13. The van der Waals surface area contributed by atoms with Gasteiger partial charge in [-0.2, -0.15) is 0 Å². The van der Waals surface area contributed by atoms with Gasteiger partial charge in [0.1, 0.15) is 0 Å². The molecule has 5 heteroatoms. The van der Waals surface area contributed by atoms with Gasteiger partial charge in [0.15, 0.2) is 0 Å². The molecular weight excluding hydrogens is 334 g/mol. The molecule has 1 aromatic carbocycles. The number of carboxylic acid groups (broad SMARTS) is 1. The van der Waals surface area contributed by atoms with Gasteiger partial charge in [-0.05, 0) is 49.8 Å². The van der Waals surface area contributed by atoms with Crippen molar-refractivity contribution in [3.8, 4) is 0 Å². The lowest BCUT2D eigenvalue weighted by Crippen LogP contribution is -2.46. The minimum Gasteiger partial charge on any atom is -0.478 e. The van der Waals surface area contributed by atoms with Gasteiger partial charge in [-0.1, -0.05) is 22.4 Å². The zero-order valence-corrected chi connectivity index (χ0v) is 13.3. The maximum atomic E-state index is 12.8. The van der Waals surface area contributed by atoms with E-state index in [9.17, 15) is 9.59 Å². The molecule has 1 aromatic rings. The lowest BCUT2D eigenvalue weighted by Gasteiger charge is -2.38. The van der Waals surface area contributed by atoms with Crippen molar-refractivity contribution in [2.75, 3.05) is 6.54 Å². The first-order chi connectivity index (χ1) is 10.1. The lowest BCUT2D eigenvalue weighted by atomic mass is 9.91. The van der Waals surface area contributed by atoms with Crippen LogP contribution in [0.2, 0.25) is 0 Å². The van der Waals surface area contributed by atoms with Crippen molar-refractivity contribution in [3.63, 3.8) is 0 Å². The third-order valence-corrected chi connectivity index (χ3v) is 5.10. The number of hydrogen-bond acceptors (Lipinski definition) is 2. The number of carboxylic acids is 1. The van der Waals surface area contributed by atoms with Crippen LogP contribution < -0.4 is 0 Å². The number of rotatable bonds is 2. The topological polar surface area (TPSA) is 57.6 Å². The number of nitrogens with zero attached hydrogens (tertiary/aromatic N) is 1. The molecule has 1 N–H and O–H groups in total. The second-order valence-corrected chi connectivity index (χ2v) is 6.85. The molecule has 0 spiro atoms. The van der Waals surface area contributed by atoms with Crippen molar-refractivity contribution >= 4 is 27.8 Å². The SMILES string of the molecule is O=C(O)c1cc(Br)cc(C(=O)N2CCCC3CCCC32)c1. The van der Waals surface area contributed by atoms with E-state index in [2.05, 4.69) is 15.9 Å². The highest BCUT2D eigenvalue weighted by atomic mass is 79.9. The zero-order chi connectivity index (χ0) is 15.0. The molecule has 1 amide bonds. The summed E-state index contributed by atoms with van der Waals surface area (Å²) in [6, 6.07) is 5.06. The Balaban J connectivity index is 1.89. The van der Waals surface area contributed by atoms with Crippen LogP contribution in [-0.4, -0.2) is 34.5 Å². The van der Waals surface area contributed by atoms with Crippen LogP contribution in [-0.2, 0) is 0 Å². The van der Waals surface area contributed by atoms with Crippen LogP contribution in [0.5, 0.6) is 0 Å². The van der Waals surface area contributed by atoms with Gasteiger partial charge < -0.3 is 10.0 Å². The molecule has 0 aromatic heterocycles. The molecule has 2 atom stereocenters. The van der Waals surface area contributed by atoms with Crippen molar-refractivity contribution < 1.29 is 14.7 Å². The highest BCUT2D eigenvalue weighted by molar-refractivity contribution is 9.10. The number of carbonyl (C=O) groups is 2. The molecule has 1 aliphatic heterocycles. The highest BCUT2D eigenvalue weighted by Gasteiger charge is 2.37. The van der Waals surface area contributed by atoms with E-state index in [4.69, 9.17) is 5.11 Å². The summed E-state index contributed by atoms with van der Waals surface area (Å²) in [6.07, 6.45) is 5.75. The summed E-state index contributed by atoms with van der Waals surface area (Å²) in [4.78, 5) is 25.9. The largest absolute Gasteiger partial charge is 0.478 e. The standard InChI is InChI=1S/C16H18BrNO3/c17-13-8-11(7-12(9-13)16(20)21)15(19)18-6-2-4-10-3-1-5-14(10)18/h7-10,14H,1-6H2,(H,20,21). The fraction of sp³-hybridized carbons (Fsp3) is 0.500. The van der Waals surface area contributed by atoms with Gasteiger partial charge in [0.25, 0.3) is 5.91 Å². The Morgan fingerprint density at radius 1 is 1.10 bits per heavy atom. The molecule has 0 bridgehead atoms. The number of likely N-dealkylation sites (tertiary alicyclic amines) is 1. The second-order valence-electron chi connectivity index (χ2n) is 5.93. The van der Waals surface area contributed by atoms with E-state index in [0.717, 1.165) is 19.4 Å². The molecule has 2 aliphatic rings. The number of aromatic carboxylic acids is 1. The number of carbonyl (C=O) groups excluding carboxylic acids is 1. The fourth-order valence-electron chi connectivity index (χ4n) is 3.71. The Morgan fingerprint density at radius 3 is 2.57 bits per heavy atom. The van der Waals surface area contributed by atoms with Crippen LogP contribution in [0.25, 0.3) is 0 Å². The molecule has 3 rings (SSSR count). The Labute approximate surface area is 132 Å². The number of amides is 1. The van der Waals surface area contributed by atoms with Crippen LogP contribution in [0.3, 0.4) is 0 Å². The normalized spacial score (nSPS) is 24.7. The number of fused-ring (bicyclic) bond motifs is 1. The summed E-state index contributed by atoms with van der Waals surface area (Å²) >= 11 is 3.30. The monoisotopic (exact) mass is 351 g/mol. The predicted octanol–water partition coefficient (Wildman–Crippen LogP) is 3.55. The third-order valence-electron chi connectivity index (χ3n) is 4.65. The molecule has 4 nitrogen and oxygen atoms in total. The Morgan fingerprint density at radius 2 is 1.81 bits per heavy atom. The molecule has 2 fully saturated rings. The van der Waals surface area contributed by atoms with Gasteiger partial charge in [-0.3, -0.25) is 4.79 Å². The molecular formula is C16H18BrNO3. The molecule has 1 saturated heterocycles. The number of halogens is 1. The molecule has 112 valence electrons. The minimum absolute atomic E-state index is 0.0320. The Kier molecular flexibility index (Phi) is 4.02. The van der Waals surface area contributed by atoms with Crippen LogP contribution >= 0.6 is 15.9 Å². The van der Waals surface area contributed by atoms with E-state index in [-0.39, 0.29) is 11.5 Å². The summed E-state index contributed by atoms with van der Waals surface area (Å²) in [5.74, 6) is -0.410. The maximum absolute atomic E-state index is 12.8. The highest BCUT2D eigenvalue weighted by Crippen LogP contribution is 2.37. The van der Waals surface area contributed by atoms with E-state index in [1.54, 1.807) is 6.07 Å². The number of piperidine rings is 1. The Hall–Kier alpha value is -1.36.